The predicted molar refractivity (Wildman–Crippen MR) is 116 cm³/mol. The molecule has 0 saturated heterocycles. The van der Waals surface area contributed by atoms with Crippen LogP contribution in [0.15, 0.2) is 54.6 Å². The normalized spacial score (nSPS) is 12.2. The van der Waals surface area contributed by atoms with Crippen LogP contribution in [0.1, 0.15) is 25.0 Å². The zero-order chi connectivity index (χ0) is 22.7. The molecule has 0 unspecified atom stereocenters. The summed E-state index contributed by atoms with van der Waals surface area (Å²) in [5, 5.41) is 12.4. The molecule has 0 aliphatic rings. The molecular formula is C22H28NO7P. The Labute approximate surface area is 182 Å². The van der Waals surface area contributed by atoms with E-state index in [1.165, 1.54) is 0 Å². The summed E-state index contributed by atoms with van der Waals surface area (Å²) >= 11 is 0. The van der Waals surface area contributed by atoms with Crippen LogP contribution in [0, 0.1) is 5.92 Å². The first kappa shape index (κ1) is 24.6. The van der Waals surface area contributed by atoms with Gasteiger partial charge in [0.15, 0.2) is 0 Å². The van der Waals surface area contributed by atoms with Crippen molar-refractivity contribution < 1.29 is 33.0 Å². The van der Waals surface area contributed by atoms with Crippen molar-refractivity contribution in [2.75, 3.05) is 19.8 Å². The Morgan fingerprint density at radius 2 is 1.58 bits per heavy atom. The van der Waals surface area contributed by atoms with Gasteiger partial charge in [-0.15, -0.1) is 0 Å². The lowest BCUT2D eigenvalue weighted by Crippen LogP contribution is -2.34. The Kier molecular flexibility index (Phi) is 9.72. The topological polar surface area (TPSA) is 111 Å². The number of amides is 1. The summed E-state index contributed by atoms with van der Waals surface area (Å²) in [4.78, 5) is 23.5. The third kappa shape index (κ3) is 7.83. The molecule has 0 bridgehead atoms. The second-order valence-electron chi connectivity index (χ2n) is 6.68. The molecule has 0 spiro atoms. The zero-order valence-corrected chi connectivity index (χ0v) is 18.5. The molecule has 0 radical (unpaired) electrons. The van der Waals surface area contributed by atoms with E-state index in [4.69, 9.17) is 13.8 Å². The summed E-state index contributed by atoms with van der Waals surface area (Å²) in [6, 6.07) is 15.8. The minimum Gasteiger partial charge on any atom is -0.481 e. The molecule has 2 rings (SSSR count). The summed E-state index contributed by atoms with van der Waals surface area (Å²) in [5.41, 5.74) is 1.55. The van der Waals surface area contributed by atoms with Crippen LogP contribution >= 0.6 is 7.60 Å². The van der Waals surface area contributed by atoms with E-state index in [9.17, 15) is 19.3 Å². The number of hydrogen-bond donors (Lipinski definition) is 2. The van der Waals surface area contributed by atoms with Gasteiger partial charge in [-0.2, -0.15) is 0 Å². The van der Waals surface area contributed by atoms with Gasteiger partial charge in [-0.1, -0.05) is 42.5 Å². The molecule has 8 nitrogen and oxygen atoms in total. The largest absolute Gasteiger partial charge is 0.481 e. The number of hydrogen-bond acceptors (Lipinski definition) is 6. The van der Waals surface area contributed by atoms with Crippen LogP contribution in [-0.4, -0.2) is 36.9 Å². The number of benzene rings is 2. The van der Waals surface area contributed by atoms with Crippen LogP contribution in [-0.2, 0) is 36.2 Å². The van der Waals surface area contributed by atoms with E-state index in [1.807, 2.05) is 30.3 Å². The molecule has 1 amide bonds. The molecule has 0 heterocycles. The highest BCUT2D eigenvalue weighted by Crippen LogP contribution is 2.46. The lowest BCUT2D eigenvalue weighted by Gasteiger charge is -2.18. The summed E-state index contributed by atoms with van der Waals surface area (Å²) < 4.78 is 28.5. The van der Waals surface area contributed by atoms with Gasteiger partial charge in [0.2, 0.25) is 0 Å². The maximum absolute atomic E-state index is 12.8. The first-order chi connectivity index (χ1) is 14.9. The van der Waals surface area contributed by atoms with E-state index in [2.05, 4.69) is 5.32 Å². The van der Waals surface area contributed by atoms with E-state index in [-0.39, 0.29) is 32.8 Å². The van der Waals surface area contributed by atoms with E-state index >= 15 is 0 Å². The van der Waals surface area contributed by atoms with Crippen molar-refractivity contribution in [1.82, 2.24) is 5.32 Å². The Morgan fingerprint density at radius 1 is 0.968 bits per heavy atom. The summed E-state index contributed by atoms with van der Waals surface area (Å²) in [5.74, 6) is -1.89. The zero-order valence-electron chi connectivity index (χ0n) is 17.7. The van der Waals surface area contributed by atoms with Gasteiger partial charge in [0.25, 0.3) is 0 Å². The van der Waals surface area contributed by atoms with Gasteiger partial charge < -0.3 is 24.2 Å². The molecule has 0 aliphatic carbocycles. The number of aliphatic carboxylic acids is 1. The van der Waals surface area contributed by atoms with Crippen molar-refractivity contribution in [3.63, 3.8) is 0 Å². The number of rotatable bonds is 12. The Balaban J connectivity index is 1.93. The van der Waals surface area contributed by atoms with Crippen LogP contribution in [0.3, 0.4) is 0 Å². The lowest BCUT2D eigenvalue weighted by atomic mass is 9.99. The van der Waals surface area contributed by atoms with Crippen molar-refractivity contribution in [3.05, 3.63) is 65.7 Å². The van der Waals surface area contributed by atoms with Crippen molar-refractivity contribution in [3.8, 4) is 0 Å². The average molecular weight is 449 g/mol. The van der Waals surface area contributed by atoms with E-state index < -0.39 is 25.6 Å². The van der Waals surface area contributed by atoms with Crippen molar-refractivity contribution >= 4 is 25.0 Å². The van der Waals surface area contributed by atoms with E-state index in [0.29, 0.717) is 5.30 Å². The SMILES string of the molecule is CCOP(=O)(OCC)c1ccc(C[C@@H](CNC(=O)OCc2ccccc2)C(=O)O)cc1. The van der Waals surface area contributed by atoms with Crippen LogP contribution < -0.4 is 10.6 Å². The predicted octanol–water partition coefficient (Wildman–Crippen LogP) is 3.75. The highest BCUT2D eigenvalue weighted by atomic mass is 31.2. The summed E-state index contributed by atoms with van der Waals surface area (Å²) in [6.45, 7) is 3.97. The van der Waals surface area contributed by atoms with Crippen LogP contribution in [0.5, 0.6) is 0 Å². The minimum absolute atomic E-state index is 0.0822. The maximum Gasteiger partial charge on any atom is 0.407 e. The standard InChI is InChI=1S/C22H28NO7P/c1-3-29-31(27,30-4-2)20-12-10-17(11-13-20)14-19(21(24)25)15-23-22(26)28-16-18-8-6-5-7-9-18/h5-13,19H,3-4,14-16H2,1-2H3,(H,23,26)(H,24,25)/t19-/m0/s1. The molecule has 9 heteroatoms. The van der Waals surface area contributed by atoms with Gasteiger partial charge in [0.1, 0.15) is 6.61 Å². The number of alkyl carbamates (subject to hydrolysis) is 1. The Morgan fingerprint density at radius 3 is 2.13 bits per heavy atom. The van der Waals surface area contributed by atoms with Crippen molar-refractivity contribution in [2.45, 2.75) is 26.9 Å². The quantitative estimate of drug-likeness (QED) is 0.475. The maximum atomic E-state index is 12.8. The molecule has 0 aromatic heterocycles. The Hall–Kier alpha value is -2.67. The minimum atomic E-state index is -3.39. The molecule has 0 saturated carbocycles. The third-order valence-corrected chi connectivity index (χ3v) is 6.51. The van der Waals surface area contributed by atoms with Crippen molar-refractivity contribution in [2.24, 2.45) is 5.92 Å². The van der Waals surface area contributed by atoms with Gasteiger partial charge >= 0.3 is 19.7 Å². The number of ether oxygens (including phenoxy) is 1. The molecule has 2 aromatic carbocycles. The van der Waals surface area contributed by atoms with E-state index in [0.717, 1.165) is 11.1 Å². The van der Waals surface area contributed by atoms with E-state index in [1.54, 1.807) is 38.1 Å². The average Bonchev–Trinajstić information content (AvgIpc) is 2.76. The molecule has 2 N–H and O–H groups in total. The number of carboxylic acids is 1. The van der Waals surface area contributed by atoms with Gasteiger partial charge in [-0.25, -0.2) is 4.79 Å². The van der Waals surface area contributed by atoms with Gasteiger partial charge in [-0.3, -0.25) is 9.36 Å². The highest BCUT2D eigenvalue weighted by Gasteiger charge is 2.27. The number of nitrogens with one attached hydrogen (secondary N) is 1. The fourth-order valence-corrected chi connectivity index (χ4v) is 4.42. The molecule has 0 fully saturated rings. The first-order valence-corrected chi connectivity index (χ1v) is 11.6. The first-order valence-electron chi connectivity index (χ1n) is 10.0. The summed E-state index contributed by atoms with van der Waals surface area (Å²) in [6.07, 6.45) is -0.498. The number of carboxylic acid groups (broad SMARTS) is 1. The van der Waals surface area contributed by atoms with Crippen LogP contribution in [0.2, 0.25) is 0 Å². The molecule has 0 aliphatic heterocycles. The fraction of sp³-hybridized carbons (Fsp3) is 0.364. The molecule has 31 heavy (non-hydrogen) atoms. The van der Waals surface area contributed by atoms with Crippen LogP contribution in [0.25, 0.3) is 0 Å². The van der Waals surface area contributed by atoms with Gasteiger partial charge in [-0.05, 0) is 43.5 Å². The fourth-order valence-electron chi connectivity index (χ4n) is 2.85. The van der Waals surface area contributed by atoms with Gasteiger partial charge in [0.05, 0.1) is 24.4 Å². The monoisotopic (exact) mass is 449 g/mol. The molecule has 168 valence electrons. The second-order valence-corrected chi connectivity index (χ2v) is 8.71. The van der Waals surface area contributed by atoms with Crippen molar-refractivity contribution in [1.29, 1.82) is 0 Å². The van der Waals surface area contributed by atoms with Gasteiger partial charge in [0, 0.05) is 6.54 Å². The summed E-state index contributed by atoms with van der Waals surface area (Å²) in [7, 11) is -3.39. The second kappa shape index (κ2) is 12.2. The third-order valence-electron chi connectivity index (χ3n) is 4.39. The number of carbonyl (C=O) groups is 2. The Bertz CT molecular complexity index is 876. The number of carbonyl (C=O) groups excluding carboxylic acids is 1. The smallest absolute Gasteiger partial charge is 0.407 e. The highest BCUT2D eigenvalue weighted by molar-refractivity contribution is 7.62. The lowest BCUT2D eigenvalue weighted by molar-refractivity contribution is -0.141. The molecule has 2 aromatic rings. The van der Waals surface area contributed by atoms with Crippen LogP contribution in [0.4, 0.5) is 4.79 Å². The molecule has 1 atom stereocenters. The molecular weight excluding hydrogens is 421 g/mol.